The number of thioether (sulfide) groups is 1. The van der Waals surface area contributed by atoms with Gasteiger partial charge in [0.05, 0.1) is 9.39 Å². The zero-order chi connectivity index (χ0) is 14.9. The van der Waals surface area contributed by atoms with E-state index >= 15 is 0 Å². The van der Waals surface area contributed by atoms with Crippen LogP contribution in [0, 0.1) is 12.8 Å². The van der Waals surface area contributed by atoms with Crippen molar-refractivity contribution in [2.24, 2.45) is 5.92 Å². The summed E-state index contributed by atoms with van der Waals surface area (Å²) < 4.78 is 7.47. The van der Waals surface area contributed by atoms with Gasteiger partial charge in [-0.25, -0.2) is 0 Å². The second kappa shape index (κ2) is 6.91. The molecule has 2 saturated heterocycles. The molecule has 0 aromatic carbocycles. The average Bonchev–Trinajstić information content (AvgIpc) is 3.04. The van der Waals surface area contributed by atoms with Crippen LogP contribution in [0.2, 0.25) is 0 Å². The largest absolute Gasteiger partial charge is 0.374 e. The molecule has 0 radical (unpaired) electrons. The topological polar surface area (TPSA) is 21.3 Å². The van der Waals surface area contributed by atoms with Gasteiger partial charge in [-0.15, -0.1) is 11.3 Å². The number of aryl methyl sites for hydroxylation is 1. The van der Waals surface area contributed by atoms with Gasteiger partial charge < -0.3 is 10.1 Å². The fraction of sp³-hybridized carbons (Fsp3) is 0.750. The van der Waals surface area contributed by atoms with Crippen LogP contribution in [0.3, 0.4) is 0 Å². The number of thiophene rings is 1. The van der Waals surface area contributed by atoms with Crippen LogP contribution >= 0.6 is 39.0 Å². The summed E-state index contributed by atoms with van der Waals surface area (Å²) in [4.78, 5) is 1.48. The average molecular weight is 390 g/mol. The lowest BCUT2D eigenvalue weighted by Crippen LogP contribution is -2.43. The van der Waals surface area contributed by atoms with Gasteiger partial charge in [0.15, 0.2) is 0 Å². The molecule has 0 amide bonds. The molecule has 118 valence electrons. The van der Waals surface area contributed by atoms with Gasteiger partial charge in [-0.05, 0) is 72.0 Å². The van der Waals surface area contributed by atoms with Crippen LogP contribution in [0.4, 0.5) is 0 Å². The van der Waals surface area contributed by atoms with Crippen LogP contribution in [-0.4, -0.2) is 30.3 Å². The van der Waals surface area contributed by atoms with E-state index in [9.17, 15) is 0 Å². The smallest absolute Gasteiger partial charge is 0.0783 e. The van der Waals surface area contributed by atoms with Crippen LogP contribution < -0.4 is 5.32 Å². The second-order valence-corrected chi connectivity index (χ2v) is 9.73. The minimum absolute atomic E-state index is 0.171. The molecule has 3 atom stereocenters. The van der Waals surface area contributed by atoms with Gasteiger partial charge in [0.2, 0.25) is 0 Å². The maximum absolute atomic E-state index is 6.20. The number of ether oxygens (including phenoxy) is 1. The third kappa shape index (κ3) is 3.52. The molecular weight excluding hydrogens is 366 g/mol. The molecule has 2 fully saturated rings. The van der Waals surface area contributed by atoms with Crippen LogP contribution in [0.1, 0.15) is 42.7 Å². The van der Waals surface area contributed by atoms with Gasteiger partial charge in [0.25, 0.3) is 0 Å². The number of hydrogen-bond acceptors (Lipinski definition) is 4. The summed E-state index contributed by atoms with van der Waals surface area (Å²) in [6, 6.07) is 2.84. The van der Waals surface area contributed by atoms with Crippen molar-refractivity contribution in [3.63, 3.8) is 0 Å². The molecule has 1 aromatic heterocycles. The van der Waals surface area contributed by atoms with Gasteiger partial charge in [-0.1, -0.05) is 6.92 Å². The molecule has 2 nitrogen and oxygen atoms in total. The first-order chi connectivity index (χ1) is 10.1. The van der Waals surface area contributed by atoms with Crippen molar-refractivity contribution in [3.05, 3.63) is 20.3 Å². The Bertz CT molecular complexity index is 465. The highest BCUT2D eigenvalue weighted by Crippen LogP contribution is 2.45. The standard InChI is InChI=1S/C16H24BrNOS2/c1-3-18-14(13-8-11(2)15(17)21-13)12-4-6-19-16(9-12)5-7-20-10-16/h8,12,14,18H,3-7,9-10H2,1-2H3. The Morgan fingerprint density at radius 3 is 3.05 bits per heavy atom. The Hall–Kier alpha value is 0.450. The number of nitrogens with one attached hydrogen (secondary N) is 1. The molecule has 3 rings (SSSR count). The molecular formula is C16H24BrNOS2. The Labute approximate surface area is 144 Å². The van der Waals surface area contributed by atoms with Crippen molar-refractivity contribution in [3.8, 4) is 0 Å². The van der Waals surface area contributed by atoms with E-state index in [4.69, 9.17) is 4.74 Å². The van der Waals surface area contributed by atoms with Gasteiger partial charge in [-0.2, -0.15) is 11.8 Å². The van der Waals surface area contributed by atoms with E-state index in [1.54, 1.807) is 0 Å². The molecule has 2 aliphatic heterocycles. The van der Waals surface area contributed by atoms with E-state index in [0.29, 0.717) is 12.0 Å². The quantitative estimate of drug-likeness (QED) is 0.800. The summed E-state index contributed by atoms with van der Waals surface area (Å²) in [5.41, 5.74) is 1.53. The number of halogens is 1. The molecule has 2 aliphatic rings. The summed E-state index contributed by atoms with van der Waals surface area (Å²) >= 11 is 7.64. The highest BCUT2D eigenvalue weighted by Gasteiger charge is 2.42. The van der Waals surface area contributed by atoms with Gasteiger partial charge >= 0.3 is 0 Å². The maximum Gasteiger partial charge on any atom is 0.0783 e. The summed E-state index contributed by atoms with van der Waals surface area (Å²) in [5.74, 6) is 3.15. The summed E-state index contributed by atoms with van der Waals surface area (Å²) in [6.45, 7) is 6.35. The van der Waals surface area contributed by atoms with Crippen molar-refractivity contribution in [2.45, 2.75) is 44.8 Å². The predicted octanol–water partition coefficient (Wildman–Crippen LogP) is 4.77. The molecule has 0 bridgehead atoms. The SMILES string of the molecule is CCNC(c1cc(C)c(Br)s1)C1CCOC2(CCSC2)C1. The van der Waals surface area contributed by atoms with Crippen LogP contribution in [0.15, 0.2) is 9.85 Å². The molecule has 0 aliphatic carbocycles. The molecule has 3 unspecified atom stereocenters. The Balaban J connectivity index is 1.79. The molecule has 1 aromatic rings. The van der Waals surface area contributed by atoms with E-state index < -0.39 is 0 Å². The molecule has 3 heterocycles. The molecule has 0 saturated carbocycles. The Kier molecular flexibility index (Phi) is 5.37. The van der Waals surface area contributed by atoms with E-state index in [1.165, 1.54) is 45.0 Å². The van der Waals surface area contributed by atoms with Crippen LogP contribution in [-0.2, 0) is 4.74 Å². The van der Waals surface area contributed by atoms with E-state index in [0.717, 1.165) is 13.2 Å². The zero-order valence-corrected chi connectivity index (χ0v) is 16.0. The van der Waals surface area contributed by atoms with Gasteiger partial charge in [0.1, 0.15) is 0 Å². The summed E-state index contributed by atoms with van der Waals surface area (Å²) in [6.07, 6.45) is 3.63. The predicted molar refractivity (Wildman–Crippen MR) is 96.5 cm³/mol. The van der Waals surface area contributed by atoms with E-state index in [1.807, 2.05) is 11.3 Å². The fourth-order valence-corrected chi connectivity index (χ4v) is 6.69. The summed E-state index contributed by atoms with van der Waals surface area (Å²) in [5, 5.41) is 3.74. The Morgan fingerprint density at radius 2 is 2.43 bits per heavy atom. The van der Waals surface area contributed by atoms with Crippen molar-refractivity contribution >= 4 is 39.0 Å². The molecule has 1 spiro atoms. The van der Waals surface area contributed by atoms with Crippen LogP contribution in [0.5, 0.6) is 0 Å². The van der Waals surface area contributed by atoms with Crippen molar-refractivity contribution in [2.75, 3.05) is 24.7 Å². The first-order valence-corrected chi connectivity index (χ1v) is 10.6. The maximum atomic E-state index is 6.20. The van der Waals surface area contributed by atoms with Gasteiger partial charge in [-0.3, -0.25) is 0 Å². The first-order valence-electron chi connectivity index (χ1n) is 7.84. The monoisotopic (exact) mass is 389 g/mol. The van der Waals surface area contributed by atoms with Crippen molar-refractivity contribution in [1.82, 2.24) is 5.32 Å². The second-order valence-electron chi connectivity index (χ2n) is 6.23. The first kappa shape index (κ1) is 16.3. The number of rotatable bonds is 4. The van der Waals surface area contributed by atoms with E-state index in [-0.39, 0.29) is 5.60 Å². The highest BCUT2D eigenvalue weighted by atomic mass is 79.9. The molecule has 21 heavy (non-hydrogen) atoms. The zero-order valence-electron chi connectivity index (χ0n) is 12.8. The fourth-order valence-electron chi connectivity index (χ4n) is 3.57. The summed E-state index contributed by atoms with van der Waals surface area (Å²) in [7, 11) is 0. The van der Waals surface area contributed by atoms with Crippen LogP contribution in [0.25, 0.3) is 0 Å². The molecule has 1 N–H and O–H groups in total. The third-order valence-electron chi connectivity index (χ3n) is 4.68. The highest BCUT2D eigenvalue weighted by molar-refractivity contribution is 9.11. The lowest BCUT2D eigenvalue weighted by molar-refractivity contribution is -0.0851. The van der Waals surface area contributed by atoms with Gasteiger partial charge in [0, 0.05) is 23.3 Å². The Morgan fingerprint density at radius 1 is 1.57 bits per heavy atom. The minimum atomic E-state index is 0.171. The minimum Gasteiger partial charge on any atom is -0.374 e. The third-order valence-corrected chi connectivity index (χ3v) is 8.12. The lowest BCUT2D eigenvalue weighted by Gasteiger charge is -2.41. The molecule has 5 heteroatoms. The normalized spacial score (nSPS) is 30.9. The van der Waals surface area contributed by atoms with Crippen molar-refractivity contribution < 1.29 is 4.74 Å². The lowest BCUT2D eigenvalue weighted by atomic mass is 9.80. The van der Waals surface area contributed by atoms with Crippen molar-refractivity contribution in [1.29, 1.82) is 0 Å². The van der Waals surface area contributed by atoms with E-state index in [2.05, 4.69) is 52.9 Å². The number of hydrogen-bond donors (Lipinski definition) is 1.